The molecule has 6 heteroatoms. The van der Waals surface area contributed by atoms with E-state index in [1.807, 2.05) is 13.8 Å². The molecular formula is C12H17N3O2S. The van der Waals surface area contributed by atoms with Crippen LogP contribution < -0.4 is 5.32 Å². The van der Waals surface area contributed by atoms with E-state index in [0.29, 0.717) is 0 Å². The maximum atomic E-state index is 12.1. The first kappa shape index (κ1) is 14.5. The van der Waals surface area contributed by atoms with Crippen LogP contribution in [0.25, 0.3) is 0 Å². The van der Waals surface area contributed by atoms with Gasteiger partial charge in [0.2, 0.25) is 11.8 Å². The molecule has 5 nitrogen and oxygen atoms in total. The largest absolute Gasteiger partial charge is 0.302 e. The molecule has 18 heavy (non-hydrogen) atoms. The molecule has 1 aliphatic heterocycles. The summed E-state index contributed by atoms with van der Waals surface area (Å²) < 4.78 is 0. The predicted molar refractivity (Wildman–Crippen MR) is 74.4 cm³/mol. The fraction of sp³-hybridized carbons (Fsp3) is 0.500. The molecule has 0 radical (unpaired) electrons. The lowest BCUT2D eigenvalue weighted by atomic mass is 10.1. The molecule has 0 aliphatic carbocycles. The molecule has 1 heterocycles. The van der Waals surface area contributed by atoms with Crippen LogP contribution in [0.5, 0.6) is 0 Å². The van der Waals surface area contributed by atoms with Gasteiger partial charge >= 0.3 is 0 Å². The normalized spacial score (nSPS) is 22.2. The molecular weight excluding hydrogens is 250 g/mol. The van der Waals surface area contributed by atoms with E-state index in [0.717, 1.165) is 6.42 Å². The molecule has 2 atom stereocenters. The fourth-order valence-corrected chi connectivity index (χ4v) is 1.67. The molecule has 1 rings (SSSR count). The zero-order chi connectivity index (χ0) is 13.7. The minimum Gasteiger partial charge on any atom is -0.302 e. The second-order valence-corrected chi connectivity index (χ2v) is 4.45. The maximum Gasteiger partial charge on any atom is 0.247 e. The van der Waals surface area contributed by atoms with Gasteiger partial charge in [-0.15, -0.1) is 6.58 Å². The van der Waals surface area contributed by atoms with Crippen molar-refractivity contribution < 1.29 is 9.59 Å². The minimum atomic E-state index is -0.898. The van der Waals surface area contributed by atoms with Crippen LogP contribution >= 0.6 is 12.2 Å². The molecule has 0 saturated carbocycles. The summed E-state index contributed by atoms with van der Waals surface area (Å²) in [7, 11) is 0. The zero-order valence-corrected chi connectivity index (χ0v) is 11.4. The topological polar surface area (TPSA) is 61.8 Å². The Morgan fingerprint density at radius 1 is 1.61 bits per heavy atom. The Morgan fingerprint density at radius 3 is 2.83 bits per heavy atom. The summed E-state index contributed by atoms with van der Waals surface area (Å²) in [5.74, 6) is -1.67. The smallest absolute Gasteiger partial charge is 0.247 e. The van der Waals surface area contributed by atoms with Crippen LogP contribution in [0.4, 0.5) is 0 Å². The number of aliphatic imine (C=N–C) groups is 1. The Balaban J connectivity index is 2.86. The number of carbonyl (C=O) groups is 2. The van der Waals surface area contributed by atoms with E-state index in [1.165, 1.54) is 11.1 Å². The molecule has 0 aromatic heterocycles. The summed E-state index contributed by atoms with van der Waals surface area (Å²) in [6, 6.07) is 0.0901. The highest BCUT2D eigenvalue weighted by Crippen LogP contribution is 2.10. The van der Waals surface area contributed by atoms with Gasteiger partial charge in [-0.3, -0.25) is 19.5 Å². The minimum absolute atomic E-state index is 0.0901. The van der Waals surface area contributed by atoms with Crippen molar-refractivity contribution in [3.05, 3.63) is 12.7 Å². The van der Waals surface area contributed by atoms with Crippen molar-refractivity contribution >= 4 is 35.4 Å². The summed E-state index contributed by atoms with van der Waals surface area (Å²) >= 11 is 4.94. The number of rotatable bonds is 5. The number of amides is 2. The number of carbonyl (C=O) groups excluding carboxylic acids is 2. The Hall–Kier alpha value is -1.56. The molecule has 0 aromatic rings. The fourth-order valence-electron chi connectivity index (χ4n) is 1.40. The van der Waals surface area contributed by atoms with Crippen molar-refractivity contribution in [2.75, 3.05) is 6.54 Å². The second-order valence-electron chi connectivity index (χ2n) is 4.07. The number of nitrogens with one attached hydrogen (secondary N) is 1. The third-order valence-electron chi connectivity index (χ3n) is 2.68. The quantitative estimate of drug-likeness (QED) is 0.348. The lowest BCUT2D eigenvalue weighted by molar-refractivity contribution is -0.137. The molecule has 98 valence electrons. The van der Waals surface area contributed by atoms with Crippen molar-refractivity contribution in [1.82, 2.24) is 10.2 Å². The first-order valence-corrected chi connectivity index (χ1v) is 6.22. The van der Waals surface area contributed by atoms with E-state index in [1.54, 1.807) is 6.08 Å². The third kappa shape index (κ3) is 3.22. The average molecular weight is 267 g/mol. The van der Waals surface area contributed by atoms with E-state index in [4.69, 9.17) is 12.2 Å². The summed E-state index contributed by atoms with van der Waals surface area (Å²) in [6.45, 7) is 7.75. The van der Waals surface area contributed by atoms with Gasteiger partial charge < -0.3 is 5.32 Å². The molecule has 0 aromatic carbocycles. The van der Waals surface area contributed by atoms with Crippen LogP contribution in [-0.2, 0) is 9.59 Å². The zero-order valence-electron chi connectivity index (χ0n) is 10.5. The van der Waals surface area contributed by atoms with Crippen LogP contribution in [0, 0.1) is 5.92 Å². The van der Waals surface area contributed by atoms with Crippen LogP contribution in [0.15, 0.2) is 17.6 Å². The SMILES string of the molecule is C=CCN1C(=O)C(C=N[C@@H](C)CC)C(=O)NC1=S. The van der Waals surface area contributed by atoms with E-state index < -0.39 is 11.8 Å². The number of thiocarbonyl (C=S) groups is 1. The Kier molecular flexibility index (Phi) is 5.15. The number of hydrogen-bond donors (Lipinski definition) is 1. The van der Waals surface area contributed by atoms with Crippen molar-refractivity contribution in [3.63, 3.8) is 0 Å². The molecule has 1 fully saturated rings. The van der Waals surface area contributed by atoms with Crippen molar-refractivity contribution in [2.24, 2.45) is 10.9 Å². The third-order valence-corrected chi connectivity index (χ3v) is 3.00. The van der Waals surface area contributed by atoms with Crippen LogP contribution in [0.2, 0.25) is 0 Å². The molecule has 0 spiro atoms. The van der Waals surface area contributed by atoms with E-state index in [9.17, 15) is 9.59 Å². The summed E-state index contributed by atoms with van der Waals surface area (Å²) in [5.41, 5.74) is 0. The first-order chi connectivity index (χ1) is 8.51. The average Bonchev–Trinajstić information content (AvgIpc) is 2.33. The standard InChI is InChI=1S/C12H17N3O2S/c1-4-6-15-11(17)9(7-13-8(3)5-2)10(16)14-12(15)18/h4,7-9H,1,5-6H2,2-3H3,(H,14,16,18)/t8-,9?/m0/s1. The Labute approximate surface area is 112 Å². The van der Waals surface area contributed by atoms with E-state index >= 15 is 0 Å². The predicted octanol–water partition coefficient (Wildman–Crippen LogP) is 0.901. The van der Waals surface area contributed by atoms with Gasteiger partial charge in [0.05, 0.1) is 0 Å². The van der Waals surface area contributed by atoms with Gasteiger partial charge in [0.25, 0.3) is 0 Å². The molecule has 1 saturated heterocycles. The Bertz CT molecular complexity index is 406. The van der Waals surface area contributed by atoms with Gasteiger partial charge in [-0.25, -0.2) is 0 Å². The number of nitrogens with zero attached hydrogens (tertiary/aromatic N) is 2. The second kappa shape index (κ2) is 6.39. The molecule has 1 aliphatic rings. The van der Waals surface area contributed by atoms with Gasteiger partial charge in [0.15, 0.2) is 11.0 Å². The Morgan fingerprint density at radius 2 is 2.28 bits per heavy atom. The highest BCUT2D eigenvalue weighted by atomic mass is 32.1. The molecule has 1 N–H and O–H groups in total. The van der Waals surface area contributed by atoms with Crippen LogP contribution in [-0.4, -0.2) is 40.6 Å². The van der Waals surface area contributed by atoms with Gasteiger partial charge in [-0.05, 0) is 25.6 Å². The first-order valence-electron chi connectivity index (χ1n) is 5.81. The van der Waals surface area contributed by atoms with Gasteiger partial charge in [-0.2, -0.15) is 0 Å². The van der Waals surface area contributed by atoms with Gasteiger partial charge in [0.1, 0.15) is 0 Å². The van der Waals surface area contributed by atoms with Crippen molar-refractivity contribution in [2.45, 2.75) is 26.3 Å². The summed E-state index contributed by atoms with van der Waals surface area (Å²) in [4.78, 5) is 29.3. The van der Waals surface area contributed by atoms with E-state index in [-0.39, 0.29) is 23.6 Å². The lowest BCUT2D eigenvalue weighted by Crippen LogP contribution is -2.58. The van der Waals surface area contributed by atoms with Gasteiger partial charge in [0, 0.05) is 18.8 Å². The molecule has 1 unspecified atom stereocenters. The lowest BCUT2D eigenvalue weighted by Gasteiger charge is -2.30. The summed E-state index contributed by atoms with van der Waals surface area (Å²) in [5, 5.41) is 2.62. The van der Waals surface area contributed by atoms with E-state index in [2.05, 4.69) is 16.9 Å². The molecule has 0 bridgehead atoms. The highest BCUT2D eigenvalue weighted by molar-refractivity contribution is 7.80. The summed E-state index contributed by atoms with van der Waals surface area (Å²) in [6.07, 6.45) is 3.82. The molecule has 2 amide bonds. The van der Waals surface area contributed by atoms with Crippen LogP contribution in [0.1, 0.15) is 20.3 Å². The monoisotopic (exact) mass is 267 g/mol. The highest BCUT2D eigenvalue weighted by Gasteiger charge is 2.36. The van der Waals surface area contributed by atoms with Gasteiger partial charge in [-0.1, -0.05) is 13.0 Å². The van der Waals surface area contributed by atoms with Crippen molar-refractivity contribution in [3.8, 4) is 0 Å². The maximum absolute atomic E-state index is 12.1. The van der Waals surface area contributed by atoms with Crippen molar-refractivity contribution in [1.29, 1.82) is 0 Å². The van der Waals surface area contributed by atoms with Crippen LogP contribution in [0.3, 0.4) is 0 Å². The number of hydrogen-bond acceptors (Lipinski definition) is 4.